The van der Waals surface area contributed by atoms with Gasteiger partial charge in [0.2, 0.25) is 0 Å². The summed E-state index contributed by atoms with van der Waals surface area (Å²) in [6.07, 6.45) is 6.19. The summed E-state index contributed by atoms with van der Waals surface area (Å²) in [5.41, 5.74) is 2.30. The van der Waals surface area contributed by atoms with Gasteiger partial charge in [-0.1, -0.05) is 18.2 Å². The van der Waals surface area contributed by atoms with Crippen LogP contribution in [0, 0.1) is 5.82 Å². The van der Waals surface area contributed by atoms with Crippen LogP contribution >= 0.6 is 12.1 Å². The Hall–Kier alpha value is -1.76. The summed E-state index contributed by atoms with van der Waals surface area (Å²) in [6.45, 7) is 5.22. The van der Waals surface area contributed by atoms with E-state index in [1.807, 2.05) is 6.07 Å². The largest absolute Gasteiger partial charge is 0.490 e. The number of nitrogens with one attached hydrogen (secondary N) is 1. The van der Waals surface area contributed by atoms with Crippen LogP contribution in [-0.4, -0.2) is 35.7 Å². The number of likely N-dealkylation sites (tertiary alicyclic amines) is 1. The van der Waals surface area contributed by atoms with Crippen LogP contribution in [0.1, 0.15) is 44.6 Å². The van der Waals surface area contributed by atoms with Crippen molar-refractivity contribution >= 4 is 17.8 Å². The summed E-state index contributed by atoms with van der Waals surface area (Å²) in [5, 5.41) is 0. The standard InChI is InChI=1S/C24H30FN3OS/c1-18-15-24(17-26-30-28(24)21-7-3-6-20(25)14-21)11-12-27(18)16-19-5-2-10-23(13-19)29-22-8-4-9-22/h2-3,5-7,10,13-14,18,22,26H,4,8-9,11-12,15-17H2,1H3/t18-,24+/m0/s1. The Morgan fingerprint density at radius 2 is 2.07 bits per heavy atom. The number of piperidine rings is 1. The maximum atomic E-state index is 13.8. The number of ether oxygens (including phenoxy) is 1. The second-order valence-corrected chi connectivity index (χ2v) is 9.84. The SMILES string of the molecule is C[C@H]1C[C@]2(CCN1Cc1cccc(OC3CCC3)c1)CNSN2c1cccc(F)c1. The van der Waals surface area contributed by atoms with Gasteiger partial charge in [-0.3, -0.25) is 9.21 Å². The number of rotatable bonds is 5. The number of halogens is 1. The lowest BCUT2D eigenvalue weighted by molar-refractivity contribution is 0.105. The van der Waals surface area contributed by atoms with Crippen molar-refractivity contribution in [3.63, 3.8) is 0 Å². The molecule has 4 nitrogen and oxygen atoms in total. The van der Waals surface area contributed by atoms with E-state index < -0.39 is 0 Å². The molecule has 5 rings (SSSR count). The molecule has 1 saturated carbocycles. The first kappa shape index (κ1) is 20.2. The van der Waals surface area contributed by atoms with Crippen LogP contribution in [0.5, 0.6) is 5.75 Å². The van der Waals surface area contributed by atoms with Crippen LogP contribution in [0.3, 0.4) is 0 Å². The highest BCUT2D eigenvalue weighted by Crippen LogP contribution is 2.43. The molecule has 0 unspecified atom stereocenters. The molecule has 6 heteroatoms. The first-order chi connectivity index (χ1) is 14.6. The van der Waals surface area contributed by atoms with Crippen molar-refractivity contribution in [3.05, 3.63) is 59.9 Å². The summed E-state index contributed by atoms with van der Waals surface area (Å²) in [6, 6.07) is 16.0. The van der Waals surface area contributed by atoms with E-state index in [2.05, 4.69) is 45.1 Å². The van der Waals surface area contributed by atoms with Crippen LogP contribution < -0.4 is 13.8 Å². The zero-order chi connectivity index (χ0) is 20.6. The molecule has 30 heavy (non-hydrogen) atoms. The fourth-order valence-corrected chi connectivity index (χ4v) is 6.00. The quantitative estimate of drug-likeness (QED) is 0.666. The van der Waals surface area contributed by atoms with E-state index in [0.717, 1.165) is 43.9 Å². The molecule has 2 atom stereocenters. The van der Waals surface area contributed by atoms with Crippen molar-refractivity contribution in [1.29, 1.82) is 0 Å². The molecule has 2 aliphatic heterocycles. The lowest BCUT2D eigenvalue weighted by atomic mass is 9.83. The van der Waals surface area contributed by atoms with Gasteiger partial charge in [-0.2, -0.15) is 0 Å². The van der Waals surface area contributed by atoms with Gasteiger partial charge in [-0.15, -0.1) is 0 Å². The molecule has 2 aromatic rings. The Labute approximate surface area is 183 Å². The Morgan fingerprint density at radius 3 is 2.83 bits per heavy atom. The van der Waals surface area contributed by atoms with Gasteiger partial charge < -0.3 is 4.74 Å². The zero-order valence-electron chi connectivity index (χ0n) is 17.5. The first-order valence-electron chi connectivity index (χ1n) is 11.1. The van der Waals surface area contributed by atoms with Crippen LogP contribution in [0.25, 0.3) is 0 Å². The minimum Gasteiger partial charge on any atom is -0.490 e. The lowest BCUT2D eigenvalue weighted by Crippen LogP contribution is -2.56. The Bertz CT molecular complexity index is 892. The van der Waals surface area contributed by atoms with Crippen molar-refractivity contribution in [2.24, 2.45) is 0 Å². The van der Waals surface area contributed by atoms with E-state index in [1.165, 1.54) is 30.9 Å². The van der Waals surface area contributed by atoms with Gasteiger partial charge in [0.15, 0.2) is 0 Å². The van der Waals surface area contributed by atoms with Crippen molar-refractivity contribution < 1.29 is 9.13 Å². The van der Waals surface area contributed by atoms with Gasteiger partial charge in [0.25, 0.3) is 0 Å². The molecule has 3 fully saturated rings. The third-order valence-corrected chi connectivity index (χ3v) is 7.89. The van der Waals surface area contributed by atoms with Crippen LogP contribution in [0.2, 0.25) is 0 Å². The van der Waals surface area contributed by atoms with Gasteiger partial charge in [0.1, 0.15) is 11.6 Å². The first-order valence-corrected chi connectivity index (χ1v) is 11.8. The van der Waals surface area contributed by atoms with E-state index in [4.69, 9.17) is 4.74 Å². The normalized spacial score (nSPS) is 27.4. The topological polar surface area (TPSA) is 27.7 Å². The van der Waals surface area contributed by atoms with E-state index in [0.29, 0.717) is 12.1 Å². The van der Waals surface area contributed by atoms with Crippen molar-refractivity contribution in [2.45, 2.75) is 63.3 Å². The highest BCUT2D eigenvalue weighted by atomic mass is 32.2. The smallest absolute Gasteiger partial charge is 0.125 e. The average Bonchev–Trinajstić information content (AvgIpc) is 3.10. The van der Waals surface area contributed by atoms with Crippen LogP contribution in [-0.2, 0) is 6.54 Å². The molecule has 0 aromatic heterocycles. The number of anilines is 1. The molecule has 160 valence electrons. The molecule has 2 saturated heterocycles. The number of hydrogen-bond acceptors (Lipinski definition) is 5. The number of nitrogens with zero attached hydrogens (tertiary/aromatic N) is 2. The highest BCUT2D eigenvalue weighted by Gasteiger charge is 2.46. The second kappa shape index (κ2) is 8.40. The molecule has 1 N–H and O–H groups in total. The molecule has 1 aliphatic carbocycles. The molecular weight excluding hydrogens is 397 g/mol. The number of benzene rings is 2. The average molecular weight is 428 g/mol. The van der Waals surface area contributed by atoms with Gasteiger partial charge in [-0.25, -0.2) is 9.11 Å². The third-order valence-electron chi connectivity index (χ3n) is 6.83. The highest BCUT2D eigenvalue weighted by molar-refractivity contribution is 7.99. The van der Waals surface area contributed by atoms with Crippen LogP contribution in [0.15, 0.2) is 48.5 Å². The summed E-state index contributed by atoms with van der Waals surface area (Å²) in [5.74, 6) is 0.830. The summed E-state index contributed by atoms with van der Waals surface area (Å²) in [4.78, 5) is 2.57. The maximum absolute atomic E-state index is 13.8. The molecule has 1 spiro atoms. The Morgan fingerprint density at radius 1 is 1.20 bits per heavy atom. The molecule has 0 amide bonds. The fraction of sp³-hybridized carbons (Fsp3) is 0.500. The predicted octanol–water partition coefficient (Wildman–Crippen LogP) is 5.15. The Kier molecular flexibility index (Phi) is 5.65. The third kappa shape index (κ3) is 4.05. The summed E-state index contributed by atoms with van der Waals surface area (Å²) < 4.78 is 25.7. The van der Waals surface area contributed by atoms with E-state index in [1.54, 1.807) is 24.3 Å². The molecule has 3 aliphatic rings. The number of hydrogen-bond donors (Lipinski definition) is 1. The van der Waals surface area contributed by atoms with Crippen molar-refractivity contribution in [3.8, 4) is 5.75 Å². The second-order valence-electron chi connectivity index (χ2n) is 9.00. The molecule has 2 heterocycles. The zero-order valence-corrected chi connectivity index (χ0v) is 18.3. The van der Waals surface area contributed by atoms with Crippen LogP contribution in [0.4, 0.5) is 10.1 Å². The minimum absolute atomic E-state index is 0.0313. The van der Waals surface area contributed by atoms with E-state index in [-0.39, 0.29) is 11.4 Å². The lowest BCUT2D eigenvalue weighted by Gasteiger charge is -2.47. The fourth-order valence-electron chi connectivity index (χ4n) is 4.89. The van der Waals surface area contributed by atoms with E-state index in [9.17, 15) is 4.39 Å². The van der Waals surface area contributed by atoms with Crippen molar-refractivity contribution in [2.75, 3.05) is 17.4 Å². The van der Waals surface area contributed by atoms with Gasteiger partial charge >= 0.3 is 0 Å². The van der Waals surface area contributed by atoms with E-state index >= 15 is 0 Å². The molecular formula is C24H30FN3OS. The minimum atomic E-state index is -0.176. The molecule has 2 aromatic carbocycles. The van der Waals surface area contributed by atoms with Gasteiger partial charge in [-0.05, 0) is 74.9 Å². The Balaban J connectivity index is 1.26. The molecule has 0 radical (unpaired) electrons. The monoisotopic (exact) mass is 427 g/mol. The van der Waals surface area contributed by atoms with Crippen molar-refractivity contribution in [1.82, 2.24) is 9.62 Å². The maximum Gasteiger partial charge on any atom is 0.125 e. The summed E-state index contributed by atoms with van der Waals surface area (Å²) in [7, 11) is 0. The molecule has 0 bridgehead atoms. The van der Waals surface area contributed by atoms with Gasteiger partial charge in [0.05, 0.1) is 17.3 Å². The predicted molar refractivity (Wildman–Crippen MR) is 121 cm³/mol. The summed E-state index contributed by atoms with van der Waals surface area (Å²) >= 11 is 1.61. The van der Waals surface area contributed by atoms with Gasteiger partial charge in [0, 0.05) is 37.8 Å².